The minimum absolute atomic E-state index is 0.0122. The Labute approximate surface area is 208 Å². The van der Waals surface area contributed by atoms with E-state index >= 15 is 0 Å². The number of amidine groups is 1. The predicted molar refractivity (Wildman–Crippen MR) is 138 cm³/mol. The van der Waals surface area contributed by atoms with Gasteiger partial charge < -0.3 is 4.42 Å². The Balaban J connectivity index is 1.37. The highest BCUT2D eigenvalue weighted by Crippen LogP contribution is 2.36. The number of thioether (sulfide) groups is 1. The molecular weight excluding hydrogens is 484 g/mol. The first kappa shape index (κ1) is 22.8. The molecule has 2 aromatic carbocycles. The second kappa shape index (κ2) is 9.69. The summed E-state index contributed by atoms with van der Waals surface area (Å²) >= 11 is 2.70. The highest BCUT2D eigenvalue weighted by Gasteiger charge is 2.33. The first-order chi connectivity index (χ1) is 17.0. The van der Waals surface area contributed by atoms with Gasteiger partial charge in [-0.3, -0.25) is 19.8 Å². The monoisotopic (exact) mass is 502 g/mol. The van der Waals surface area contributed by atoms with Gasteiger partial charge in [-0.2, -0.15) is 4.99 Å². The van der Waals surface area contributed by atoms with Gasteiger partial charge in [-0.05, 0) is 43.0 Å². The fourth-order valence-electron chi connectivity index (χ4n) is 3.47. The van der Waals surface area contributed by atoms with Crippen LogP contribution in [0, 0.1) is 10.1 Å². The molecule has 10 heteroatoms. The summed E-state index contributed by atoms with van der Waals surface area (Å²) in [6.45, 7) is 2.37. The highest BCUT2D eigenvalue weighted by atomic mass is 32.2. The Hall–Kier alpha value is -4.02. The van der Waals surface area contributed by atoms with Crippen LogP contribution >= 0.6 is 23.1 Å². The number of nitro benzene ring substituents is 1. The van der Waals surface area contributed by atoms with Crippen molar-refractivity contribution in [2.45, 2.75) is 6.92 Å². The first-order valence-electron chi connectivity index (χ1n) is 10.7. The quantitative estimate of drug-likeness (QED) is 0.167. The standard InChI is InChI=1S/C25H18N4O4S2/c1-2-28-23(30)22(14-19-12-13-21(33-19)17-8-10-18(11-9-17)29(31)32)35-25(28)27-24-26-20(15-34-24)16-6-4-3-5-7-16/h3-15H,2H2,1H3/b22-14+,27-25+. The molecule has 174 valence electrons. The largest absolute Gasteiger partial charge is 0.457 e. The Morgan fingerprint density at radius 1 is 1.09 bits per heavy atom. The minimum Gasteiger partial charge on any atom is -0.457 e. The molecule has 1 saturated heterocycles. The zero-order valence-electron chi connectivity index (χ0n) is 18.5. The van der Waals surface area contributed by atoms with Gasteiger partial charge in [-0.25, -0.2) is 4.98 Å². The van der Waals surface area contributed by atoms with Crippen LogP contribution in [0.2, 0.25) is 0 Å². The number of thiazole rings is 1. The Morgan fingerprint density at radius 2 is 1.86 bits per heavy atom. The fraction of sp³-hybridized carbons (Fsp3) is 0.0800. The lowest BCUT2D eigenvalue weighted by atomic mass is 10.1. The molecule has 0 aliphatic carbocycles. The van der Waals surface area contributed by atoms with Crippen molar-refractivity contribution in [3.63, 3.8) is 0 Å². The van der Waals surface area contributed by atoms with Gasteiger partial charge >= 0.3 is 0 Å². The van der Waals surface area contributed by atoms with Crippen molar-refractivity contribution in [3.05, 3.63) is 92.9 Å². The summed E-state index contributed by atoms with van der Waals surface area (Å²) in [6.07, 6.45) is 1.68. The van der Waals surface area contributed by atoms with E-state index in [-0.39, 0.29) is 11.6 Å². The maximum atomic E-state index is 13.0. The number of nitrogens with zero attached hydrogens (tertiary/aromatic N) is 4. The third-order valence-electron chi connectivity index (χ3n) is 5.22. The molecule has 1 fully saturated rings. The van der Waals surface area contributed by atoms with Gasteiger partial charge in [-0.1, -0.05) is 30.3 Å². The summed E-state index contributed by atoms with van der Waals surface area (Å²) in [7, 11) is 0. The van der Waals surface area contributed by atoms with Gasteiger partial charge in [0.2, 0.25) is 5.13 Å². The number of non-ortho nitro benzene ring substituents is 1. The number of furan rings is 1. The van der Waals surface area contributed by atoms with Crippen LogP contribution in [-0.4, -0.2) is 32.4 Å². The minimum atomic E-state index is -0.447. The average Bonchev–Trinajstić information content (AvgIpc) is 3.60. The summed E-state index contributed by atoms with van der Waals surface area (Å²) < 4.78 is 5.87. The van der Waals surface area contributed by atoms with Crippen LogP contribution in [0.1, 0.15) is 12.7 Å². The number of hydrogen-bond acceptors (Lipinski definition) is 8. The SMILES string of the molecule is CCN1C(=O)/C(=C\c2ccc(-c3ccc([N+](=O)[O-])cc3)o2)S/C1=N/c1nc(-c2ccccc2)cs1. The van der Waals surface area contributed by atoms with Gasteiger partial charge in [-0.15, -0.1) is 11.3 Å². The summed E-state index contributed by atoms with van der Waals surface area (Å²) in [5.41, 5.74) is 2.58. The Kier molecular flexibility index (Phi) is 6.30. The molecule has 0 saturated carbocycles. The van der Waals surface area contributed by atoms with E-state index in [9.17, 15) is 14.9 Å². The van der Waals surface area contributed by atoms with E-state index in [0.29, 0.717) is 38.8 Å². The van der Waals surface area contributed by atoms with Gasteiger partial charge in [0.05, 0.1) is 15.5 Å². The van der Waals surface area contributed by atoms with Crippen molar-refractivity contribution >= 4 is 51.1 Å². The molecule has 8 nitrogen and oxygen atoms in total. The van der Waals surface area contributed by atoms with Crippen LogP contribution in [0.3, 0.4) is 0 Å². The van der Waals surface area contributed by atoms with E-state index in [1.165, 1.54) is 35.2 Å². The summed E-state index contributed by atoms with van der Waals surface area (Å²) in [5.74, 6) is 0.913. The molecule has 35 heavy (non-hydrogen) atoms. The number of nitro groups is 1. The zero-order chi connectivity index (χ0) is 24.4. The summed E-state index contributed by atoms with van der Waals surface area (Å²) in [5, 5.41) is 14.0. The summed E-state index contributed by atoms with van der Waals surface area (Å²) in [4.78, 5) is 34.7. The molecular formula is C25H18N4O4S2. The molecule has 2 aromatic heterocycles. The maximum absolute atomic E-state index is 13.0. The van der Waals surface area contributed by atoms with Gasteiger partial charge in [0.1, 0.15) is 11.5 Å². The van der Waals surface area contributed by atoms with Gasteiger partial charge in [0, 0.05) is 41.3 Å². The molecule has 0 atom stereocenters. The van der Waals surface area contributed by atoms with Crippen molar-refractivity contribution in [3.8, 4) is 22.6 Å². The molecule has 1 aliphatic rings. The molecule has 1 aliphatic heterocycles. The molecule has 0 unspecified atom stereocenters. The fourth-order valence-corrected chi connectivity index (χ4v) is 5.25. The zero-order valence-corrected chi connectivity index (χ0v) is 20.1. The van der Waals surface area contributed by atoms with Crippen LogP contribution in [0.4, 0.5) is 10.8 Å². The predicted octanol–water partition coefficient (Wildman–Crippen LogP) is 6.60. The van der Waals surface area contributed by atoms with Crippen LogP contribution in [-0.2, 0) is 4.79 Å². The number of carbonyl (C=O) groups is 1. The third-order valence-corrected chi connectivity index (χ3v) is 6.96. The first-order valence-corrected chi connectivity index (χ1v) is 12.4. The van der Waals surface area contributed by atoms with E-state index in [0.717, 1.165) is 11.3 Å². The third kappa shape index (κ3) is 4.79. The van der Waals surface area contributed by atoms with Crippen LogP contribution < -0.4 is 0 Å². The smallest absolute Gasteiger partial charge is 0.269 e. The molecule has 1 amide bonds. The number of amides is 1. The highest BCUT2D eigenvalue weighted by molar-refractivity contribution is 8.18. The van der Waals surface area contributed by atoms with Crippen LogP contribution in [0.15, 0.2) is 86.4 Å². The van der Waals surface area contributed by atoms with Gasteiger partial charge in [0.25, 0.3) is 11.6 Å². The number of aliphatic imine (C=N–C) groups is 1. The topological polar surface area (TPSA) is 102 Å². The van der Waals surface area contributed by atoms with E-state index in [2.05, 4.69) is 9.98 Å². The number of benzene rings is 2. The Bertz CT molecular complexity index is 1460. The maximum Gasteiger partial charge on any atom is 0.269 e. The summed E-state index contributed by atoms with van der Waals surface area (Å²) in [6, 6.07) is 19.5. The molecule has 0 bridgehead atoms. The number of rotatable bonds is 6. The molecule has 0 spiro atoms. The molecule has 0 radical (unpaired) electrons. The van der Waals surface area contributed by atoms with E-state index in [1.54, 1.807) is 35.2 Å². The van der Waals surface area contributed by atoms with E-state index in [1.807, 2.05) is 42.6 Å². The average molecular weight is 503 g/mol. The second-order valence-electron chi connectivity index (χ2n) is 7.44. The van der Waals surface area contributed by atoms with Crippen LogP contribution in [0.5, 0.6) is 0 Å². The number of likely N-dealkylation sites (N-methyl/N-ethyl adjacent to an activating group) is 1. The van der Waals surface area contributed by atoms with Gasteiger partial charge in [0.15, 0.2) is 5.17 Å². The molecule has 0 N–H and O–H groups in total. The number of aromatic nitrogens is 1. The van der Waals surface area contributed by atoms with Crippen molar-refractivity contribution in [1.82, 2.24) is 9.88 Å². The van der Waals surface area contributed by atoms with Crippen molar-refractivity contribution in [2.75, 3.05) is 6.54 Å². The normalized spacial score (nSPS) is 15.9. The van der Waals surface area contributed by atoms with Crippen molar-refractivity contribution < 1.29 is 14.1 Å². The van der Waals surface area contributed by atoms with Crippen LogP contribution in [0.25, 0.3) is 28.7 Å². The number of hydrogen-bond donors (Lipinski definition) is 0. The Morgan fingerprint density at radius 3 is 2.57 bits per heavy atom. The van der Waals surface area contributed by atoms with Crippen molar-refractivity contribution in [2.24, 2.45) is 4.99 Å². The molecule has 4 aromatic rings. The van der Waals surface area contributed by atoms with E-state index < -0.39 is 4.92 Å². The lowest BCUT2D eigenvalue weighted by Gasteiger charge is -2.11. The van der Waals surface area contributed by atoms with Crippen molar-refractivity contribution in [1.29, 1.82) is 0 Å². The number of carbonyl (C=O) groups excluding carboxylic acids is 1. The van der Waals surface area contributed by atoms with E-state index in [4.69, 9.17) is 4.42 Å². The second-order valence-corrected chi connectivity index (χ2v) is 9.29. The molecule has 3 heterocycles. The molecule has 5 rings (SSSR count). The lowest BCUT2D eigenvalue weighted by Crippen LogP contribution is -2.28. The lowest BCUT2D eigenvalue weighted by molar-refractivity contribution is -0.384.